The van der Waals surface area contributed by atoms with Gasteiger partial charge in [-0.2, -0.15) is 0 Å². The molecule has 0 amide bonds. The molecule has 1 aliphatic heterocycles. The summed E-state index contributed by atoms with van der Waals surface area (Å²) >= 11 is 0. The minimum Gasteiger partial charge on any atom is -0.497 e. The Morgan fingerprint density at radius 1 is 1.23 bits per heavy atom. The minimum absolute atomic E-state index is 0.171. The molecule has 7 heteroatoms. The predicted molar refractivity (Wildman–Crippen MR) is 84.8 cm³/mol. The van der Waals surface area contributed by atoms with Crippen LogP contribution in [-0.4, -0.2) is 43.1 Å². The van der Waals surface area contributed by atoms with Crippen LogP contribution in [0.5, 0.6) is 5.75 Å². The van der Waals surface area contributed by atoms with Crippen LogP contribution in [0.1, 0.15) is 27.7 Å². The SMILES string of the molecule is COc1cc(NCC(=O)O)cc(B2OC(C)(C)C(C)(C)O2)c1. The molecular weight excluding hydrogens is 285 g/mol. The van der Waals surface area contributed by atoms with E-state index in [1.807, 2.05) is 39.8 Å². The lowest BCUT2D eigenvalue weighted by Crippen LogP contribution is -2.41. The van der Waals surface area contributed by atoms with Crippen molar-refractivity contribution < 1.29 is 23.9 Å². The van der Waals surface area contributed by atoms with Crippen molar-refractivity contribution in [1.29, 1.82) is 0 Å². The Bertz CT molecular complexity index is 557. The summed E-state index contributed by atoms with van der Waals surface area (Å²) in [7, 11) is 1.04. The molecule has 1 aromatic carbocycles. The van der Waals surface area contributed by atoms with Crippen molar-refractivity contribution in [3.8, 4) is 5.75 Å². The monoisotopic (exact) mass is 307 g/mol. The molecule has 0 unspecified atom stereocenters. The molecule has 1 aliphatic rings. The van der Waals surface area contributed by atoms with E-state index in [1.165, 1.54) is 0 Å². The highest BCUT2D eigenvalue weighted by molar-refractivity contribution is 6.62. The van der Waals surface area contributed by atoms with Gasteiger partial charge in [-0.1, -0.05) is 0 Å². The normalized spacial score (nSPS) is 19.0. The summed E-state index contributed by atoms with van der Waals surface area (Å²) in [4.78, 5) is 10.7. The number of benzene rings is 1. The first kappa shape index (κ1) is 16.6. The summed E-state index contributed by atoms with van der Waals surface area (Å²) in [6.07, 6.45) is 0. The molecule has 0 atom stereocenters. The number of nitrogens with one attached hydrogen (secondary N) is 1. The molecular formula is C15H22BNO5. The number of anilines is 1. The summed E-state index contributed by atoms with van der Waals surface area (Å²) in [6, 6.07) is 5.37. The fourth-order valence-electron chi connectivity index (χ4n) is 2.13. The van der Waals surface area contributed by atoms with Crippen LogP contribution in [0.4, 0.5) is 5.69 Å². The van der Waals surface area contributed by atoms with Crippen LogP contribution >= 0.6 is 0 Å². The first-order chi connectivity index (χ1) is 10.1. The standard InChI is InChI=1S/C15H22BNO5/c1-14(2)15(3,4)22-16(21-14)10-6-11(17-9-13(18)19)8-12(7-10)20-5/h6-8,17H,9H2,1-5H3,(H,18,19). The summed E-state index contributed by atoms with van der Waals surface area (Å²) < 4.78 is 17.3. The Hall–Kier alpha value is -1.73. The van der Waals surface area contributed by atoms with Crippen LogP contribution in [0, 0.1) is 0 Å². The van der Waals surface area contributed by atoms with Crippen molar-refractivity contribution in [1.82, 2.24) is 0 Å². The zero-order valence-electron chi connectivity index (χ0n) is 13.6. The average molecular weight is 307 g/mol. The lowest BCUT2D eigenvalue weighted by Gasteiger charge is -2.32. The van der Waals surface area contributed by atoms with Gasteiger partial charge in [-0.05, 0) is 45.3 Å². The van der Waals surface area contributed by atoms with Crippen LogP contribution in [0.3, 0.4) is 0 Å². The number of carbonyl (C=O) groups is 1. The van der Waals surface area contributed by atoms with Crippen LogP contribution < -0.4 is 15.5 Å². The van der Waals surface area contributed by atoms with Gasteiger partial charge in [0.1, 0.15) is 12.3 Å². The summed E-state index contributed by atoms with van der Waals surface area (Å²) in [5, 5.41) is 11.6. The van der Waals surface area contributed by atoms with Gasteiger partial charge in [-0.15, -0.1) is 0 Å². The van der Waals surface area contributed by atoms with E-state index in [0.29, 0.717) is 11.4 Å². The van der Waals surface area contributed by atoms with Gasteiger partial charge in [0.05, 0.1) is 18.3 Å². The van der Waals surface area contributed by atoms with Crippen molar-refractivity contribution in [3.05, 3.63) is 18.2 Å². The number of hydrogen-bond acceptors (Lipinski definition) is 5. The molecule has 1 aromatic rings. The van der Waals surface area contributed by atoms with Crippen LogP contribution in [0.15, 0.2) is 18.2 Å². The number of carboxylic acid groups (broad SMARTS) is 1. The topological polar surface area (TPSA) is 77.0 Å². The number of carboxylic acids is 1. The number of aliphatic carboxylic acids is 1. The van der Waals surface area contributed by atoms with Crippen molar-refractivity contribution >= 4 is 24.2 Å². The fourth-order valence-corrected chi connectivity index (χ4v) is 2.13. The molecule has 2 N–H and O–H groups in total. The van der Waals surface area contributed by atoms with Crippen LogP contribution in [0.2, 0.25) is 0 Å². The first-order valence-electron chi connectivity index (χ1n) is 7.15. The molecule has 0 spiro atoms. The maximum absolute atomic E-state index is 10.7. The van der Waals surface area contributed by atoms with Crippen molar-refractivity contribution in [3.63, 3.8) is 0 Å². The average Bonchev–Trinajstić information content (AvgIpc) is 2.65. The van der Waals surface area contributed by atoms with Gasteiger partial charge in [0, 0.05) is 11.8 Å². The van der Waals surface area contributed by atoms with Gasteiger partial charge in [0.2, 0.25) is 0 Å². The smallest absolute Gasteiger partial charge is 0.495 e. The molecule has 6 nitrogen and oxygen atoms in total. The van der Waals surface area contributed by atoms with Gasteiger partial charge in [0.25, 0.3) is 0 Å². The van der Waals surface area contributed by atoms with Gasteiger partial charge < -0.3 is 24.5 Å². The molecule has 2 rings (SSSR count). The molecule has 22 heavy (non-hydrogen) atoms. The quantitative estimate of drug-likeness (QED) is 0.803. The number of ether oxygens (including phenoxy) is 1. The Balaban J connectivity index is 2.27. The van der Waals surface area contributed by atoms with E-state index >= 15 is 0 Å². The Kier molecular flexibility index (Phi) is 4.40. The second kappa shape index (κ2) is 5.81. The summed E-state index contributed by atoms with van der Waals surface area (Å²) in [6.45, 7) is 7.76. The highest BCUT2D eigenvalue weighted by Crippen LogP contribution is 2.36. The molecule has 0 saturated carbocycles. The maximum Gasteiger partial charge on any atom is 0.495 e. The largest absolute Gasteiger partial charge is 0.497 e. The van der Waals surface area contributed by atoms with E-state index in [4.69, 9.17) is 19.2 Å². The van der Waals surface area contributed by atoms with Gasteiger partial charge in [-0.25, -0.2) is 0 Å². The van der Waals surface area contributed by atoms with Crippen molar-refractivity contribution in [2.45, 2.75) is 38.9 Å². The third-order valence-electron chi connectivity index (χ3n) is 4.13. The van der Waals surface area contributed by atoms with Gasteiger partial charge in [0.15, 0.2) is 0 Å². The van der Waals surface area contributed by atoms with E-state index in [1.54, 1.807) is 13.2 Å². The first-order valence-corrected chi connectivity index (χ1v) is 7.15. The zero-order valence-corrected chi connectivity index (χ0v) is 13.6. The van der Waals surface area contributed by atoms with Gasteiger partial charge in [-0.3, -0.25) is 4.79 Å². The van der Waals surface area contributed by atoms with Crippen LogP contribution in [-0.2, 0) is 14.1 Å². The lowest BCUT2D eigenvalue weighted by molar-refractivity contribution is -0.134. The second-order valence-electron chi connectivity index (χ2n) is 6.33. The van der Waals surface area contributed by atoms with Crippen LogP contribution in [0.25, 0.3) is 0 Å². The number of hydrogen-bond donors (Lipinski definition) is 2. The second-order valence-corrected chi connectivity index (χ2v) is 6.33. The Morgan fingerprint density at radius 2 is 1.82 bits per heavy atom. The Morgan fingerprint density at radius 3 is 2.32 bits per heavy atom. The summed E-state index contributed by atoms with van der Waals surface area (Å²) in [5.74, 6) is -0.319. The molecule has 0 bridgehead atoms. The predicted octanol–water partition coefficient (Wildman–Crippen LogP) is 1.49. The zero-order chi connectivity index (χ0) is 16.5. The fraction of sp³-hybridized carbons (Fsp3) is 0.533. The molecule has 0 aliphatic carbocycles. The number of rotatable bonds is 5. The highest BCUT2D eigenvalue weighted by Gasteiger charge is 2.51. The lowest BCUT2D eigenvalue weighted by atomic mass is 9.79. The van der Waals surface area contributed by atoms with Gasteiger partial charge >= 0.3 is 13.1 Å². The van der Waals surface area contributed by atoms with E-state index in [9.17, 15) is 4.79 Å². The van der Waals surface area contributed by atoms with Crippen molar-refractivity contribution in [2.75, 3.05) is 19.0 Å². The minimum atomic E-state index is -0.931. The molecule has 0 aromatic heterocycles. The van der Waals surface area contributed by atoms with E-state index in [-0.39, 0.29) is 6.54 Å². The molecule has 1 fully saturated rings. The van der Waals surface area contributed by atoms with E-state index in [0.717, 1.165) is 5.46 Å². The molecule has 1 heterocycles. The molecule has 1 saturated heterocycles. The maximum atomic E-state index is 10.7. The highest BCUT2D eigenvalue weighted by atomic mass is 16.7. The number of methoxy groups -OCH3 is 1. The third-order valence-corrected chi connectivity index (χ3v) is 4.13. The molecule has 0 radical (unpaired) electrons. The van der Waals surface area contributed by atoms with E-state index in [2.05, 4.69) is 5.32 Å². The van der Waals surface area contributed by atoms with Crippen molar-refractivity contribution in [2.24, 2.45) is 0 Å². The Labute approximate surface area is 130 Å². The summed E-state index contributed by atoms with van der Waals surface area (Å²) in [5.41, 5.74) is 0.558. The van der Waals surface area contributed by atoms with E-state index < -0.39 is 24.3 Å². The third kappa shape index (κ3) is 3.36. The molecule has 120 valence electrons.